The maximum Gasteiger partial charge on any atom is 0.299 e. The lowest BCUT2D eigenvalue weighted by Gasteiger charge is -2.14. The van der Waals surface area contributed by atoms with E-state index in [1.165, 1.54) is 17.2 Å². The molecule has 0 unspecified atom stereocenters. The molecule has 0 fully saturated rings. The quantitative estimate of drug-likeness (QED) is 0.520. The summed E-state index contributed by atoms with van der Waals surface area (Å²) in [5, 5.41) is 0. The van der Waals surface area contributed by atoms with Gasteiger partial charge in [-0.25, -0.2) is 4.98 Å². The van der Waals surface area contributed by atoms with Gasteiger partial charge in [-0.15, -0.1) is 0 Å². The minimum absolute atomic E-state index is 0.309. The predicted octanol–water partition coefficient (Wildman–Crippen LogP) is 4.13. The third-order valence-electron chi connectivity index (χ3n) is 4.43. The number of fused-ring (bicyclic) bond motifs is 1. The van der Waals surface area contributed by atoms with Gasteiger partial charge in [0.15, 0.2) is 0 Å². The normalized spacial score (nSPS) is 13.4. The van der Waals surface area contributed by atoms with Gasteiger partial charge < -0.3 is 4.90 Å². The highest BCUT2D eigenvalue weighted by Crippen LogP contribution is 2.32. The molecular formula is C22H15FN2O2. The molecule has 0 N–H and O–H groups in total. The molecule has 0 aliphatic carbocycles. The van der Waals surface area contributed by atoms with Gasteiger partial charge in [-0.1, -0.05) is 48.6 Å². The molecule has 1 aliphatic rings. The topological polar surface area (TPSA) is 50.3 Å². The summed E-state index contributed by atoms with van der Waals surface area (Å²) in [4.78, 5) is 29.9. The standard InChI is InChI=1S/C22H15FN2O2/c23-20-11-9-17(14-24-20)16-8-10-19-18(13-16)21(26)22(27)25(19)12-4-7-15-5-2-1-3-6-15/h1-11,13-14H,12H2/b7-4+. The minimum Gasteiger partial charge on any atom is -0.301 e. The van der Waals surface area contributed by atoms with Crippen LogP contribution in [-0.4, -0.2) is 23.2 Å². The molecule has 4 nitrogen and oxygen atoms in total. The van der Waals surface area contributed by atoms with Gasteiger partial charge in [0, 0.05) is 18.3 Å². The Kier molecular flexibility index (Phi) is 4.34. The van der Waals surface area contributed by atoms with Crippen molar-refractivity contribution in [2.24, 2.45) is 0 Å². The molecule has 1 aliphatic heterocycles. The van der Waals surface area contributed by atoms with Crippen LogP contribution in [0.4, 0.5) is 10.1 Å². The molecule has 2 aromatic carbocycles. The molecule has 0 saturated carbocycles. The van der Waals surface area contributed by atoms with E-state index < -0.39 is 17.6 Å². The SMILES string of the molecule is O=C1C(=O)N(C/C=C/c2ccccc2)c2ccc(-c3ccc(F)nc3)cc21. The van der Waals surface area contributed by atoms with Crippen molar-refractivity contribution < 1.29 is 14.0 Å². The fourth-order valence-electron chi connectivity index (χ4n) is 3.07. The summed E-state index contributed by atoms with van der Waals surface area (Å²) >= 11 is 0. The largest absolute Gasteiger partial charge is 0.301 e. The summed E-state index contributed by atoms with van der Waals surface area (Å²) in [6.07, 6.45) is 5.17. The van der Waals surface area contributed by atoms with E-state index in [-0.39, 0.29) is 0 Å². The van der Waals surface area contributed by atoms with Crippen LogP contribution in [0.15, 0.2) is 72.9 Å². The first-order valence-corrected chi connectivity index (χ1v) is 8.47. The van der Waals surface area contributed by atoms with Crippen LogP contribution in [-0.2, 0) is 4.79 Å². The smallest absolute Gasteiger partial charge is 0.299 e. The maximum atomic E-state index is 13.0. The maximum absolute atomic E-state index is 13.0. The highest BCUT2D eigenvalue weighted by Gasteiger charge is 2.35. The second-order valence-electron chi connectivity index (χ2n) is 6.16. The molecule has 4 rings (SSSR count). The molecule has 0 atom stereocenters. The Morgan fingerprint density at radius 3 is 2.48 bits per heavy atom. The lowest BCUT2D eigenvalue weighted by atomic mass is 10.0. The van der Waals surface area contributed by atoms with E-state index in [0.717, 1.165) is 5.56 Å². The van der Waals surface area contributed by atoms with Crippen molar-refractivity contribution in [2.45, 2.75) is 0 Å². The van der Waals surface area contributed by atoms with Gasteiger partial charge in [-0.3, -0.25) is 9.59 Å². The number of halogens is 1. The highest BCUT2D eigenvalue weighted by molar-refractivity contribution is 6.52. The van der Waals surface area contributed by atoms with Crippen LogP contribution < -0.4 is 4.90 Å². The van der Waals surface area contributed by atoms with Crippen LogP contribution in [0.5, 0.6) is 0 Å². The number of hydrogen-bond donors (Lipinski definition) is 0. The molecule has 0 saturated heterocycles. The van der Waals surface area contributed by atoms with Gasteiger partial charge in [-0.05, 0) is 35.4 Å². The van der Waals surface area contributed by atoms with Crippen molar-refractivity contribution in [1.29, 1.82) is 0 Å². The number of Topliss-reactive ketones (excluding diaryl/α,β-unsaturated/α-hetero) is 1. The fraction of sp³-hybridized carbons (Fsp3) is 0.0455. The van der Waals surface area contributed by atoms with E-state index in [4.69, 9.17) is 0 Å². The highest BCUT2D eigenvalue weighted by atomic mass is 19.1. The van der Waals surface area contributed by atoms with Crippen molar-refractivity contribution in [2.75, 3.05) is 11.4 Å². The van der Waals surface area contributed by atoms with E-state index >= 15 is 0 Å². The second kappa shape index (κ2) is 6.96. The Morgan fingerprint density at radius 2 is 1.74 bits per heavy atom. The summed E-state index contributed by atoms with van der Waals surface area (Å²) < 4.78 is 13.0. The van der Waals surface area contributed by atoms with Gasteiger partial charge >= 0.3 is 0 Å². The van der Waals surface area contributed by atoms with E-state index in [9.17, 15) is 14.0 Å². The zero-order chi connectivity index (χ0) is 18.8. The number of amides is 1. The number of benzene rings is 2. The number of aromatic nitrogens is 1. The number of carbonyl (C=O) groups is 2. The molecule has 5 heteroatoms. The number of carbonyl (C=O) groups excluding carboxylic acids is 2. The average Bonchev–Trinajstić information content (AvgIpc) is 2.94. The Labute approximate surface area is 155 Å². The number of hydrogen-bond acceptors (Lipinski definition) is 3. The van der Waals surface area contributed by atoms with Gasteiger partial charge in [0.2, 0.25) is 5.95 Å². The third-order valence-corrected chi connectivity index (χ3v) is 4.43. The first-order valence-electron chi connectivity index (χ1n) is 8.47. The molecule has 0 bridgehead atoms. The molecule has 132 valence electrons. The van der Waals surface area contributed by atoms with Crippen LogP contribution in [0.2, 0.25) is 0 Å². The lowest BCUT2D eigenvalue weighted by molar-refractivity contribution is -0.114. The molecular weight excluding hydrogens is 343 g/mol. The number of ketones is 1. The number of pyridine rings is 1. The van der Waals surface area contributed by atoms with Gasteiger partial charge in [-0.2, -0.15) is 4.39 Å². The van der Waals surface area contributed by atoms with Gasteiger partial charge in [0.25, 0.3) is 11.7 Å². The fourth-order valence-corrected chi connectivity index (χ4v) is 3.07. The molecule has 0 spiro atoms. The number of rotatable bonds is 4. The minimum atomic E-state index is -0.567. The second-order valence-corrected chi connectivity index (χ2v) is 6.16. The Balaban J connectivity index is 1.60. The molecule has 2 heterocycles. The number of nitrogens with zero attached hydrogens (tertiary/aromatic N) is 2. The molecule has 1 aromatic heterocycles. The van der Waals surface area contributed by atoms with Crippen LogP contribution in [0.25, 0.3) is 17.2 Å². The van der Waals surface area contributed by atoms with Crippen molar-refractivity contribution in [1.82, 2.24) is 4.98 Å². The molecule has 0 radical (unpaired) electrons. The van der Waals surface area contributed by atoms with Crippen LogP contribution in [0.1, 0.15) is 15.9 Å². The van der Waals surface area contributed by atoms with E-state index in [1.807, 2.05) is 42.5 Å². The summed E-state index contributed by atoms with van der Waals surface area (Å²) in [6, 6.07) is 17.8. The van der Waals surface area contributed by atoms with Crippen LogP contribution >= 0.6 is 0 Å². The van der Waals surface area contributed by atoms with Gasteiger partial charge in [0.1, 0.15) is 0 Å². The zero-order valence-corrected chi connectivity index (χ0v) is 14.3. The summed E-state index contributed by atoms with van der Waals surface area (Å²) in [6.45, 7) is 0.309. The number of anilines is 1. The van der Waals surface area contributed by atoms with Crippen molar-refractivity contribution in [3.05, 3.63) is 90.0 Å². The summed E-state index contributed by atoms with van der Waals surface area (Å²) in [7, 11) is 0. The Morgan fingerprint density at radius 1 is 0.963 bits per heavy atom. The Hall–Kier alpha value is -3.60. The van der Waals surface area contributed by atoms with Gasteiger partial charge in [0.05, 0.1) is 11.3 Å². The van der Waals surface area contributed by atoms with Crippen molar-refractivity contribution in [3.63, 3.8) is 0 Å². The summed E-state index contributed by atoms with van der Waals surface area (Å²) in [5.74, 6) is -1.64. The van der Waals surface area contributed by atoms with E-state index in [0.29, 0.717) is 28.9 Å². The molecule has 3 aromatic rings. The lowest BCUT2D eigenvalue weighted by Crippen LogP contribution is -2.29. The third kappa shape index (κ3) is 3.27. The monoisotopic (exact) mass is 358 g/mol. The first kappa shape index (κ1) is 16.8. The van der Waals surface area contributed by atoms with Crippen molar-refractivity contribution >= 4 is 23.5 Å². The first-order chi connectivity index (χ1) is 13.1. The summed E-state index contributed by atoms with van der Waals surface area (Å²) in [5.41, 5.74) is 3.36. The predicted molar refractivity (Wildman–Crippen MR) is 102 cm³/mol. The zero-order valence-electron chi connectivity index (χ0n) is 14.3. The van der Waals surface area contributed by atoms with E-state index in [2.05, 4.69) is 4.98 Å². The van der Waals surface area contributed by atoms with Crippen LogP contribution in [0.3, 0.4) is 0 Å². The van der Waals surface area contributed by atoms with Crippen LogP contribution in [0, 0.1) is 5.95 Å². The van der Waals surface area contributed by atoms with E-state index in [1.54, 1.807) is 24.3 Å². The average molecular weight is 358 g/mol. The Bertz CT molecular complexity index is 1040. The molecule has 1 amide bonds. The van der Waals surface area contributed by atoms with Crippen molar-refractivity contribution in [3.8, 4) is 11.1 Å². The molecule has 27 heavy (non-hydrogen) atoms.